The molecule has 0 bridgehead atoms. The molecular formula is C14H12ClN3O2. The molecule has 3 rings (SSSR count). The lowest BCUT2D eigenvalue weighted by atomic mass is 10.2. The van der Waals surface area contributed by atoms with Crippen LogP contribution < -0.4 is 15.4 Å². The molecule has 1 aliphatic rings. The van der Waals surface area contributed by atoms with Crippen molar-refractivity contribution >= 4 is 28.9 Å². The molecule has 0 saturated heterocycles. The zero-order valence-electron chi connectivity index (χ0n) is 10.5. The number of anilines is 2. The second-order valence-electron chi connectivity index (χ2n) is 4.34. The van der Waals surface area contributed by atoms with E-state index in [0.29, 0.717) is 23.1 Å². The van der Waals surface area contributed by atoms with E-state index in [-0.39, 0.29) is 5.91 Å². The molecule has 0 aliphatic carbocycles. The van der Waals surface area contributed by atoms with Crippen LogP contribution >= 0.6 is 11.6 Å². The molecule has 102 valence electrons. The van der Waals surface area contributed by atoms with Gasteiger partial charge in [-0.2, -0.15) is 0 Å². The number of nitrogens with zero attached hydrogens (tertiary/aromatic N) is 1. The van der Waals surface area contributed by atoms with E-state index in [1.807, 2.05) is 24.3 Å². The average Bonchev–Trinajstić information content (AvgIpc) is 2.49. The number of nitrogens with one attached hydrogen (secondary N) is 2. The van der Waals surface area contributed by atoms with Gasteiger partial charge in [0.15, 0.2) is 6.10 Å². The van der Waals surface area contributed by atoms with Gasteiger partial charge < -0.3 is 15.4 Å². The fraction of sp³-hybridized carbons (Fsp3) is 0.143. The number of fused-ring (bicyclic) bond motifs is 1. The number of halogens is 1. The molecule has 0 radical (unpaired) electrons. The second kappa shape index (κ2) is 5.38. The lowest BCUT2D eigenvalue weighted by Crippen LogP contribution is -2.41. The molecule has 5 nitrogen and oxygen atoms in total. The van der Waals surface area contributed by atoms with Crippen molar-refractivity contribution in [3.63, 3.8) is 0 Å². The minimum absolute atomic E-state index is 0.226. The third-order valence-corrected chi connectivity index (χ3v) is 3.15. The highest BCUT2D eigenvalue weighted by Crippen LogP contribution is 2.28. The van der Waals surface area contributed by atoms with Gasteiger partial charge >= 0.3 is 0 Å². The summed E-state index contributed by atoms with van der Waals surface area (Å²) in [5, 5.41) is 6.29. The van der Waals surface area contributed by atoms with Gasteiger partial charge in [-0.05, 0) is 24.3 Å². The van der Waals surface area contributed by atoms with E-state index in [9.17, 15) is 4.79 Å². The van der Waals surface area contributed by atoms with E-state index in [1.165, 1.54) is 6.20 Å². The Balaban J connectivity index is 1.68. The first-order valence-corrected chi connectivity index (χ1v) is 6.52. The minimum Gasteiger partial charge on any atom is -0.477 e. The number of hydrogen-bond donors (Lipinski definition) is 2. The Bertz CT molecular complexity index is 631. The van der Waals surface area contributed by atoms with Gasteiger partial charge in [-0.25, -0.2) is 4.98 Å². The lowest BCUT2D eigenvalue weighted by Gasteiger charge is -2.26. The van der Waals surface area contributed by atoms with Crippen LogP contribution in [0.5, 0.6) is 5.75 Å². The number of carbonyl (C=O) groups is 1. The van der Waals surface area contributed by atoms with Crippen LogP contribution in [-0.2, 0) is 4.79 Å². The van der Waals surface area contributed by atoms with Crippen LogP contribution in [0.4, 0.5) is 11.4 Å². The van der Waals surface area contributed by atoms with Crippen LogP contribution in [0.1, 0.15) is 0 Å². The van der Waals surface area contributed by atoms with Gasteiger partial charge in [0.25, 0.3) is 5.91 Å². The van der Waals surface area contributed by atoms with Crippen LogP contribution in [0, 0.1) is 0 Å². The zero-order valence-corrected chi connectivity index (χ0v) is 11.2. The Labute approximate surface area is 120 Å². The number of pyridine rings is 1. The maximum absolute atomic E-state index is 12.1. The van der Waals surface area contributed by atoms with Gasteiger partial charge in [0, 0.05) is 0 Å². The van der Waals surface area contributed by atoms with Crippen molar-refractivity contribution < 1.29 is 9.53 Å². The van der Waals surface area contributed by atoms with Gasteiger partial charge in [-0.15, -0.1) is 0 Å². The molecule has 1 aromatic carbocycles. The third kappa shape index (κ3) is 2.67. The van der Waals surface area contributed by atoms with Gasteiger partial charge in [0.05, 0.1) is 24.1 Å². The second-order valence-corrected chi connectivity index (χ2v) is 4.73. The molecule has 6 heteroatoms. The van der Waals surface area contributed by atoms with Crippen molar-refractivity contribution in [3.05, 3.63) is 47.7 Å². The van der Waals surface area contributed by atoms with Crippen molar-refractivity contribution in [3.8, 4) is 5.75 Å². The highest BCUT2D eigenvalue weighted by molar-refractivity contribution is 6.29. The number of para-hydroxylation sites is 2. The molecule has 1 aliphatic heterocycles. The predicted molar refractivity (Wildman–Crippen MR) is 77.2 cm³/mol. The summed E-state index contributed by atoms with van der Waals surface area (Å²) in [4.78, 5) is 16.0. The first-order valence-electron chi connectivity index (χ1n) is 6.14. The predicted octanol–water partition coefficient (Wildman–Crippen LogP) is 2.55. The molecule has 20 heavy (non-hydrogen) atoms. The molecule has 1 unspecified atom stereocenters. The van der Waals surface area contributed by atoms with E-state index < -0.39 is 6.10 Å². The summed E-state index contributed by atoms with van der Waals surface area (Å²) in [7, 11) is 0. The van der Waals surface area contributed by atoms with Crippen LogP contribution in [0.15, 0.2) is 42.6 Å². The van der Waals surface area contributed by atoms with E-state index >= 15 is 0 Å². The molecule has 0 fully saturated rings. The summed E-state index contributed by atoms with van der Waals surface area (Å²) in [5.74, 6) is 0.448. The standard InChI is InChI=1S/C14H12ClN3O2/c15-13-6-5-9(7-17-13)18-14(19)12-8-16-10-3-1-2-4-11(10)20-12/h1-7,12,16H,8H2,(H,18,19). The lowest BCUT2D eigenvalue weighted by molar-refractivity contribution is -0.122. The Morgan fingerprint density at radius 2 is 2.20 bits per heavy atom. The molecule has 0 spiro atoms. The highest BCUT2D eigenvalue weighted by atomic mass is 35.5. The van der Waals surface area contributed by atoms with Crippen LogP contribution in [0.25, 0.3) is 0 Å². The van der Waals surface area contributed by atoms with E-state index in [4.69, 9.17) is 16.3 Å². The van der Waals surface area contributed by atoms with Gasteiger partial charge in [-0.3, -0.25) is 4.79 Å². The maximum atomic E-state index is 12.1. The van der Waals surface area contributed by atoms with Crippen LogP contribution in [0.3, 0.4) is 0 Å². The Kier molecular flexibility index (Phi) is 3.43. The van der Waals surface area contributed by atoms with E-state index in [1.54, 1.807) is 12.1 Å². The van der Waals surface area contributed by atoms with Crippen molar-refractivity contribution in [2.24, 2.45) is 0 Å². The smallest absolute Gasteiger partial charge is 0.267 e. The van der Waals surface area contributed by atoms with E-state index in [2.05, 4.69) is 15.6 Å². The Morgan fingerprint density at radius 3 is 3.00 bits per heavy atom. The SMILES string of the molecule is O=C(Nc1ccc(Cl)nc1)C1CNc2ccccc2O1. The summed E-state index contributed by atoms with van der Waals surface area (Å²) < 4.78 is 5.67. The molecule has 2 aromatic rings. The maximum Gasteiger partial charge on any atom is 0.267 e. The van der Waals surface area contributed by atoms with Crippen LogP contribution in [-0.4, -0.2) is 23.5 Å². The average molecular weight is 290 g/mol. The van der Waals surface area contributed by atoms with Crippen LogP contribution in [0.2, 0.25) is 5.15 Å². The first-order chi connectivity index (χ1) is 9.72. The van der Waals surface area contributed by atoms with Crippen molar-refractivity contribution in [1.29, 1.82) is 0 Å². The van der Waals surface area contributed by atoms with Crippen molar-refractivity contribution in [2.45, 2.75) is 6.10 Å². The molecule has 1 aromatic heterocycles. The Hall–Kier alpha value is -2.27. The topological polar surface area (TPSA) is 63.2 Å². The largest absolute Gasteiger partial charge is 0.477 e. The first kappa shape index (κ1) is 12.7. The molecule has 0 saturated carbocycles. The summed E-state index contributed by atoms with van der Waals surface area (Å²) >= 11 is 5.69. The number of aromatic nitrogens is 1. The number of benzene rings is 1. The monoisotopic (exact) mass is 289 g/mol. The fourth-order valence-corrected chi connectivity index (χ4v) is 2.04. The number of amides is 1. The summed E-state index contributed by atoms with van der Waals surface area (Å²) in [6.45, 7) is 0.421. The van der Waals surface area contributed by atoms with Gasteiger partial charge in [-0.1, -0.05) is 23.7 Å². The van der Waals surface area contributed by atoms with E-state index in [0.717, 1.165) is 5.69 Å². The Morgan fingerprint density at radius 1 is 1.35 bits per heavy atom. The summed E-state index contributed by atoms with van der Waals surface area (Å²) in [6.07, 6.45) is 0.922. The molecule has 1 amide bonds. The highest BCUT2D eigenvalue weighted by Gasteiger charge is 2.25. The number of carbonyl (C=O) groups excluding carboxylic acids is 1. The molecular weight excluding hydrogens is 278 g/mol. The molecule has 2 heterocycles. The fourth-order valence-electron chi connectivity index (χ4n) is 1.93. The summed E-state index contributed by atoms with van der Waals surface area (Å²) in [6, 6.07) is 10.8. The van der Waals surface area contributed by atoms with Crippen molar-refractivity contribution in [2.75, 3.05) is 17.2 Å². The third-order valence-electron chi connectivity index (χ3n) is 2.92. The normalized spacial score (nSPS) is 16.6. The zero-order chi connectivity index (χ0) is 13.9. The summed E-state index contributed by atoms with van der Waals surface area (Å²) in [5.41, 5.74) is 1.48. The van der Waals surface area contributed by atoms with Gasteiger partial charge in [0.1, 0.15) is 10.9 Å². The number of rotatable bonds is 2. The quantitative estimate of drug-likeness (QED) is 0.834. The number of hydrogen-bond acceptors (Lipinski definition) is 4. The van der Waals surface area contributed by atoms with Crippen molar-refractivity contribution in [1.82, 2.24) is 4.98 Å². The number of ether oxygens (including phenoxy) is 1. The molecule has 1 atom stereocenters. The molecule has 2 N–H and O–H groups in total. The minimum atomic E-state index is -0.583. The van der Waals surface area contributed by atoms with Gasteiger partial charge in [0.2, 0.25) is 0 Å².